The van der Waals surface area contributed by atoms with Crippen LogP contribution in [0.3, 0.4) is 0 Å². The highest BCUT2D eigenvalue weighted by atomic mass is 35.5. The van der Waals surface area contributed by atoms with Crippen molar-refractivity contribution >= 4 is 46.4 Å². The van der Waals surface area contributed by atoms with E-state index >= 15 is 0 Å². The molecular weight excluding hydrogens is 383 g/mol. The third-order valence-electron chi connectivity index (χ3n) is 3.83. The average molecular weight is 399 g/mol. The predicted octanol–water partition coefficient (Wildman–Crippen LogP) is 5.81. The molecule has 0 aromatic heterocycles. The lowest BCUT2D eigenvalue weighted by atomic mass is 10.1. The minimum absolute atomic E-state index is 0.258. The second kappa shape index (κ2) is 8.25. The van der Waals surface area contributed by atoms with Gasteiger partial charge >= 0.3 is 0 Å². The maximum absolute atomic E-state index is 12.5. The Balaban J connectivity index is 1.75. The zero-order chi connectivity index (χ0) is 19.4. The number of carbonyl (C=O) groups is 2. The Morgan fingerprint density at radius 1 is 0.778 bits per heavy atom. The van der Waals surface area contributed by atoms with Crippen molar-refractivity contribution in [2.45, 2.75) is 6.92 Å². The summed E-state index contributed by atoms with van der Waals surface area (Å²) in [5.41, 5.74) is 2.98. The van der Waals surface area contributed by atoms with E-state index in [0.717, 1.165) is 5.56 Å². The van der Waals surface area contributed by atoms with Crippen molar-refractivity contribution in [2.24, 2.45) is 0 Å². The Morgan fingerprint density at radius 2 is 1.44 bits per heavy atom. The molecule has 0 fully saturated rings. The van der Waals surface area contributed by atoms with Crippen LogP contribution in [0.2, 0.25) is 10.0 Å². The Bertz CT molecular complexity index is 1020. The molecule has 3 aromatic rings. The molecule has 0 radical (unpaired) electrons. The first-order valence-electron chi connectivity index (χ1n) is 8.17. The second-order valence-electron chi connectivity index (χ2n) is 5.98. The zero-order valence-electron chi connectivity index (χ0n) is 14.4. The van der Waals surface area contributed by atoms with Crippen molar-refractivity contribution in [3.05, 3.63) is 93.5 Å². The Hall–Kier alpha value is -2.82. The van der Waals surface area contributed by atoms with Gasteiger partial charge in [-0.15, -0.1) is 0 Å². The summed E-state index contributed by atoms with van der Waals surface area (Å²) >= 11 is 11.9. The van der Waals surface area contributed by atoms with Gasteiger partial charge in [-0.25, -0.2) is 0 Å². The number of hydrogen-bond acceptors (Lipinski definition) is 2. The van der Waals surface area contributed by atoms with Gasteiger partial charge in [-0.1, -0.05) is 41.4 Å². The van der Waals surface area contributed by atoms with Gasteiger partial charge in [0.2, 0.25) is 0 Å². The van der Waals surface area contributed by atoms with Gasteiger partial charge < -0.3 is 10.6 Å². The van der Waals surface area contributed by atoms with E-state index in [1.165, 1.54) is 6.07 Å². The van der Waals surface area contributed by atoms with Gasteiger partial charge in [0.25, 0.3) is 11.8 Å². The lowest BCUT2D eigenvalue weighted by Gasteiger charge is -2.10. The van der Waals surface area contributed by atoms with Crippen molar-refractivity contribution in [2.75, 3.05) is 10.6 Å². The predicted molar refractivity (Wildman–Crippen MR) is 110 cm³/mol. The summed E-state index contributed by atoms with van der Waals surface area (Å²) in [7, 11) is 0. The molecule has 0 atom stereocenters. The van der Waals surface area contributed by atoms with Crippen LogP contribution in [0.5, 0.6) is 0 Å². The highest BCUT2D eigenvalue weighted by Crippen LogP contribution is 2.22. The fourth-order valence-electron chi connectivity index (χ4n) is 2.54. The van der Waals surface area contributed by atoms with Gasteiger partial charge in [-0.05, 0) is 61.0 Å². The van der Waals surface area contributed by atoms with Crippen LogP contribution in [0.25, 0.3) is 0 Å². The molecule has 0 bridgehead atoms. The fourth-order valence-corrected chi connectivity index (χ4v) is 3.03. The lowest BCUT2D eigenvalue weighted by Crippen LogP contribution is -2.15. The first-order chi connectivity index (χ1) is 12.9. The van der Waals surface area contributed by atoms with Gasteiger partial charge in [0.05, 0.1) is 10.6 Å². The molecule has 3 rings (SSSR count). The molecule has 136 valence electrons. The molecule has 0 aliphatic rings. The third-order valence-corrected chi connectivity index (χ3v) is 4.38. The number of hydrogen-bond donors (Lipinski definition) is 2. The van der Waals surface area contributed by atoms with Crippen LogP contribution in [-0.4, -0.2) is 11.8 Å². The monoisotopic (exact) mass is 398 g/mol. The smallest absolute Gasteiger partial charge is 0.257 e. The van der Waals surface area contributed by atoms with E-state index in [1.54, 1.807) is 36.4 Å². The van der Waals surface area contributed by atoms with Gasteiger partial charge in [-0.2, -0.15) is 0 Å². The van der Waals surface area contributed by atoms with Crippen LogP contribution in [0.1, 0.15) is 26.3 Å². The number of benzene rings is 3. The van der Waals surface area contributed by atoms with E-state index in [0.29, 0.717) is 27.5 Å². The van der Waals surface area contributed by atoms with Crippen molar-refractivity contribution < 1.29 is 9.59 Å². The molecule has 2 N–H and O–H groups in total. The summed E-state index contributed by atoms with van der Waals surface area (Å²) in [5.74, 6) is -0.644. The first kappa shape index (κ1) is 19.0. The SMILES string of the molecule is Cc1cccc(NC(=O)c2cccc(NC(=O)c3ccc(Cl)cc3Cl)c2)c1. The second-order valence-corrected chi connectivity index (χ2v) is 6.83. The average Bonchev–Trinajstić information content (AvgIpc) is 2.61. The lowest BCUT2D eigenvalue weighted by molar-refractivity contribution is 0.101. The van der Waals surface area contributed by atoms with E-state index in [9.17, 15) is 9.59 Å². The van der Waals surface area contributed by atoms with Crippen molar-refractivity contribution in [3.8, 4) is 0 Å². The molecule has 0 aliphatic heterocycles. The maximum Gasteiger partial charge on any atom is 0.257 e. The standard InChI is InChI=1S/C21H16Cl2N2O2/c1-13-4-2-6-16(10-13)24-20(26)14-5-3-7-17(11-14)25-21(27)18-9-8-15(22)12-19(18)23/h2-12H,1H3,(H,24,26)(H,25,27). The fraction of sp³-hybridized carbons (Fsp3) is 0.0476. The number of rotatable bonds is 4. The van der Waals surface area contributed by atoms with Gasteiger partial charge in [0, 0.05) is 22.0 Å². The number of amides is 2. The van der Waals surface area contributed by atoms with Gasteiger partial charge in [0.15, 0.2) is 0 Å². The van der Waals surface area contributed by atoms with Crippen LogP contribution >= 0.6 is 23.2 Å². The summed E-state index contributed by atoms with van der Waals surface area (Å²) in [6.45, 7) is 1.95. The van der Waals surface area contributed by atoms with E-state index < -0.39 is 0 Å². The summed E-state index contributed by atoms with van der Waals surface area (Å²) in [6, 6.07) is 18.8. The molecule has 0 unspecified atom stereocenters. The Labute approximate surface area is 167 Å². The van der Waals surface area contributed by atoms with Gasteiger partial charge in [0.1, 0.15) is 0 Å². The summed E-state index contributed by atoms with van der Waals surface area (Å²) < 4.78 is 0. The molecule has 0 aliphatic carbocycles. The summed E-state index contributed by atoms with van der Waals surface area (Å²) in [5, 5.41) is 6.29. The topological polar surface area (TPSA) is 58.2 Å². The molecule has 6 heteroatoms. The molecule has 0 saturated heterocycles. The molecule has 0 spiro atoms. The van der Waals surface area contributed by atoms with Crippen LogP contribution in [0.4, 0.5) is 11.4 Å². The number of nitrogens with one attached hydrogen (secondary N) is 2. The molecule has 4 nitrogen and oxygen atoms in total. The maximum atomic E-state index is 12.5. The molecule has 2 amide bonds. The van der Waals surface area contributed by atoms with E-state index in [2.05, 4.69) is 10.6 Å². The molecule has 0 heterocycles. The van der Waals surface area contributed by atoms with Crippen LogP contribution in [-0.2, 0) is 0 Å². The summed E-state index contributed by atoms with van der Waals surface area (Å²) in [4.78, 5) is 24.9. The Kier molecular flexibility index (Phi) is 5.79. The highest BCUT2D eigenvalue weighted by molar-refractivity contribution is 6.37. The normalized spacial score (nSPS) is 10.3. The number of aryl methyl sites for hydroxylation is 1. The molecule has 3 aromatic carbocycles. The highest BCUT2D eigenvalue weighted by Gasteiger charge is 2.12. The van der Waals surface area contributed by atoms with Crippen LogP contribution in [0.15, 0.2) is 66.7 Å². The van der Waals surface area contributed by atoms with Crippen LogP contribution < -0.4 is 10.6 Å². The van der Waals surface area contributed by atoms with Crippen molar-refractivity contribution in [3.63, 3.8) is 0 Å². The molecular formula is C21H16Cl2N2O2. The first-order valence-corrected chi connectivity index (χ1v) is 8.92. The Morgan fingerprint density at radius 3 is 2.15 bits per heavy atom. The zero-order valence-corrected chi connectivity index (χ0v) is 15.9. The largest absolute Gasteiger partial charge is 0.322 e. The molecule has 27 heavy (non-hydrogen) atoms. The van der Waals surface area contributed by atoms with Crippen molar-refractivity contribution in [1.29, 1.82) is 0 Å². The van der Waals surface area contributed by atoms with E-state index in [4.69, 9.17) is 23.2 Å². The van der Waals surface area contributed by atoms with E-state index in [-0.39, 0.29) is 16.8 Å². The number of anilines is 2. The summed E-state index contributed by atoms with van der Waals surface area (Å²) in [6.07, 6.45) is 0. The third kappa shape index (κ3) is 4.88. The van der Waals surface area contributed by atoms with Gasteiger partial charge in [-0.3, -0.25) is 9.59 Å². The quantitative estimate of drug-likeness (QED) is 0.582. The number of halogens is 2. The van der Waals surface area contributed by atoms with E-state index in [1.807, 2.05) is 31.2 Å². The van der Waals surface area contributed by atoms with Crippen LogP contribution in [0, 0.1) is 6.92 Å². The number of carbonyl (C=O) groups excluding carboxylic acids is 2. The van der Waals surface area contributed by atoms with Crippen molar-refractivity contribution in [1.82, 2.24) is 0 Å². The molecule has 0 saturated carbocycles. The minimum atomic E-state index is -0.382. The minimum Gasteiger partial charge on any atom is -0.322 e.